The predicted molar refractivity (Wildman–Crippen MR) is 69.5 cm³/mol. The minimum Gasteiger partial charge on any atom is -0.491 e. The molecular weight excluding hydrogens is 236 g/mol. The Bertz CT molecular complexity index is 348. The first-order chi connectivity index (χ1) is 8.25. The van der Waals surface area contributed by atoms with Gasteiger partial charge in [-0.2, -0.15) is 0 Å². The number of aliphatic hydroxyl groups is 1. The highest BCUT2D eigenvalue weighted by molar-refractivity contribution is 6.30. The second-order valence-corrected chi connectivity index (χ2v) is 5.17. The van der Waals surface area contributed by atoms with Gasteiger partial charge in [-0.05, 0) is 37.0 Å². The normalized spacial score (nSPS) is 18.9. The summed E-state index contributed by atoms with van der Waals surface area (Å²) in [6.07, 6.45) is 5.67. The average molecular weight is 255 g/mol. The molecule has 1 aliphatic rings. The molecule has 17 heavy (non-hydrogen) atoms. The van der Waals surface area contributed by atoms with E-state index < -0.39 is 0 Å². The maximum Gasteiger partial charge on any atom is 0.120 e. The average Bonchev–Trinajstić information content (AvgIpc) is 2.37. The van der Waals surface area contributed by atoms with Gasteiger partial charge in [0, 0.05) is 5.02 Å². The van der Waals surface area contributed by atoms with E-state index in [0.717, 1.165) is 18.6 Å². The molecule has 2 nitrogen and oxygen atoms in total. The Hall–Kier alpha value is -0.730. The molecule has 2 rings (SSSR count). The van der Waals surface area contributed by atoms with Gasteiger partial charge in [0.2, 0.25) is 0 Å². The quantitative estimate of drug-likeness (QED) is 0.889. The number of halogens is 1. The van der Waals surface area contributed by atoms with E-state index >= 15 is 0 Å². The van der Waals surface area contributed by atoms with E-state index in [-0.39, 0.29) is 6.10 Å². The first-order valence-electron chi connectivity index (χ1n) is 6.32. The third-order valence-electron chi connectivity index (χ3n) is 3.41. The first-order valence-corrected chi connectivity index (χ1v) is 6.70. The molecule has 1 aliphatic carbocycles. The number of aliphatic hydroxyl groups excluding tert-OH is 1. The molecule has 0 aliphatic heterocycles. The van der Waals surface area contributed by atoms with Gasteiger partial charge in [-0.3, -0.25) is 0 Å². The summed E-state index contributed by atoms with van der Waals surface area (Å²) >= 11 is 5.87. The zero-order valence-corrected chi connectivity index (χ0v) is 10.7. The topological polar surface area (TPSA) is 29.5 Å². The van der Waals surface area contributed by atoms with E-state index in [1.54, 1.807) is 6.07 Å². The van der Waals surface area contributed by atoms with Crippen molar-refractivity contribution in [1.29, 1.82) is 0 Å². The van der Waals surface area contributed by atoms with Crippen molar-refractivity contribution in [1.82, 2.24) is 0 Å². The van der Waals surface area contributed by atoms with E-state index in [1.165, 1.54) is 19.3 Å². The van der Waals surface area contributed by atoms with Crippen LogP contribution in [0.5, 0.6) is 5.75 Å². The monoisotopic (exact) mass is 254 g/mol. The molecule has 1 N–H and O–H groups in total. The van der Waals surface area contributed by atoms with E-state index in [0.29, 0.717) is 17.5 Å². The van der Waals surface area contributed by atoms with Crippen LogP contribution in [0.2, 0.25) is 5.02 Å². The van der Waals surface area contributed by atoms with Crippen molar-refractivity contribution in [2.75, 3.05) is 6.61 Å². The van der Waals surface area contributed by atoms with Crippen LogP contribution in [0, 0.1) is 5.92 Å². The number of hydrogen-bond donors (Lipinski definition) is 1. The molecule has 0 amide bonds. The van der Waals surface area contributed by atoms with Crippen LogP contribution >= 0.6 is 11.6 Å². The van der Waals surface area contributed by atoms with Crippen LogP contribution in [0.1, 0.15) is 32.1 Å². The third kappa shape index (κ3) is 3.90. The van der Waals surface area contributed by atoms with Crippen LogP contribution in [0.15, 0.2) is 24.3 Å². The first kappa shape index (κ1) is 12.7. The molecule has 3 heteroatoms. The van der Waals surface area contributed by atoms with Crippen LogP contribution < -0.4 is 4.74 Å². The zero-order valence-electron chi connectivity index (χ0n) is 9.94. The molecule has 0 saturated heterocycles. The summed E-state index contributed by atoms with van der Waals surface area (Å²) < 4.78 is 5.57. The van der Waals surface area contributed by atoms with Crippen LogP contribution in [-0.2, 0) is 0 Å². The van der Waals surface area contributed by atoms with Crippen LogP contribution in [-0.4, -0.2) is 17.8 Å². The summed E-state index contributed by atoms with van der Waals surface area (Å²) in [6.45, 7) is 0.366. The lowest BCUT2D eigenvalue weighted by Crippen LogP contribution is -2.28. The lowest BCUT2D eigenvalue weighted by molar-refractivity contribution is 0.0413. The minimum absolute atomic E-state index is 0.353. The Morgan fingerprint density at radius 1 is 1.29 bits per heavy atom. The van der Waals surface area contributed by atoms with Crippen LogP contribution in [0.25, 0.3) is 0 Å². The fourth-order valence-electron chi connectivity index (χ4n) is 2.39. The molecule has 0 bridgehead atoms. The van der Waals surface area contributed by atoms with Gasteiger partial charge in [0.25, 0.3) is 0 Å². The summed E-state index contributed by atoms with van der Waals surface area (Å²) in [5, 5.41) is 10.7. The van der Waals surface area contributed by atoms with Crippen molar-refractivity contribution < 1.29 is 9.84 Å². The summed E-state index contributed by atoms with van der Waals surface area (Å²) in [5.74, 6) is 1.13. The molecule has 1 unspecified atom stereocenters. The fourth-order valence-corrected chi connectivity index (χ4v) is 2.57. The molecule has 1 saturated carbocycles. The van der Waals surface area contributed by atoms with Crippen molar-refractivity contribution >= 4 is 11.6 Å². The Morgan fingerprint density at radius 3 is 2.76 bits per heavy atom. The highest BCUT2D eigenvalue weighted by Crippen LogP contribution is 2.27. The summed E-state index contributed by atoms with van der Waals surface area (Å²) in [7, 11) is 0. The predicted octanol–water partition coefficient (Wildman–Crippen LogP) is 3.66. The third-order valence-corrected chi connectivity index (χ3v) is 3.65. The smallest absolute Gasteiger partial charge is 0.120 e. The number of benzene rings is 1. The van der Waals surface area contributed by atoms with Crippen molar-refractivity contribution in [3.05, 3.63) is 29.3 Å². The molecule has 0 aromatic heterocycles. The lowest BCUT2D eigenvalue weighted by atomic mass is 9.85. The Labute approximate surface area is 108 Å². The SMILES string of the molecule is OC(COc1cccc(Cl)c1)C1CCCCC1. The van der Waals surface area contributed by atoms with Gasteiger partial charge in [-0.25, -0.2) is 0 Å². The Morgan fingerprint density at radius 2 is 2.06 bits per heavy atom. The van der Waals surface area contributed by atoms with Crippen LogP contribution in [0.3, 0.4) is 0 Å². The second kappa shape index (κ2) is 6.27. The fraction of sp³-hybridized carbons (Fsp3) is 0.571. The molecule has 1 aromatic rings. The largest absolute Gasteiger partial charge is 0.491 e. The minimum atomic E-state index is -0.353. The summed E-state index contributed by atoms with van der Waals surface area (Å²) in [4.78, 5) is 0. The number of rotatable bonds is 4. The maximum absolute atomic E-state index is 10.0. The summed E-state index contributed by atoms with van der Waals surface area (Å²) in [6, 6.07) is 7.30. The molecule has 1 atom stereocenters. The van der Waals surface area contributed by atoms with Crippen molar-refractivity contribution in [2.45, 2.75) is 38.2 Å². The van der Waals surface area contributed by atoms with Gasteiger partial charge in [0.15, 0.2) is 0 Å². The Kier molecular flexibility index (Phi) is 4.69. The molecule has 0 radical (unpaired) electrons. The molecule has 94 valence electrons. The zero-order chi connectivity index (χ0) is 12.1. The van der Waals surface area contributed by atoms with Crippen molar-refractivity contribution in [2.24, 2.45) is 5.92 Å². The molecule has 0 heterocycles. The molecule has 1 aromatic carbocycles. The van der Waals surface area contributed by atoms with Gasteiger partial charge >= 0.3 is 0 Å². The number of hydrogen-bond acceptors (Lipinski definition) is 2. The van der Waals surface area contributed by atoms with Gasteiger partial charge in [-0.15, -0.1) is 0 Å². The van der Waals surface area contributed by atoms with E-state index in [1.807, 2.05) is 18.2 Å². The van der Waals surface area contributed by atoms with Gasteiger partial charge in [0.1, 0.15) is 12.4 Å². The Balaban J connectivity index is 1.80. The highest BCUT2D eigenvalue weighted by Gasteiger charge is 2.22. The van der Waals surface area contributed by atoms with Crippen molar-refractivity contribution in [3.8, 4) is 5.75 Å². The number of ether oxygens (including phenoxy) is 1. The van der Waals surface area contributed by atoms with Crippen molar-refractivity contribution in [3.63, 3.8) is 0 Å². The van der Waals surface area contributed by atoms with Gasteiger partial charge in [-0.1, -0.05) is 36.9 Å². The lowest BCUT2D eigenvalue weighted by Gasteiger charge is -2.26. The van der Waals surface area contributed by atoms with Crippen LogP contribution in [0.4, 0.5) is 0 Å². The van der Waals surface area contributed by atoms with E-state index in [2.05, 4.69) is 0 Å². The standard InChI is InChI=1S/C14H19ClO2/c15-12-7-4-8-13(9-12)17-10-14(16)11-5-2-1-3-6-11/h4,7-9,11,14,16H,1-3,5-6,10H2. The van der Waals surface area contributed by atoms with E-state index in [9.17, 15) is 5.11 Å². The van der Waals surface area contributed by atoms with E-state index in [4.69, 9.17) is 16.3 Å². The summed E-state index contributed by atoms with van der Waals surface area (Å²) in [5.41, 5.74) is 0. The molecular formula is C14H19ClO2. The second-order valence-electron chi connectivity index (χ2n) is 4.73. The molecule has 0 spiro atoms. The van der Waals surface area contributed by atoms with Gasteiger partial charge < -0.3 is 9.84 Å². The maximum atomic E-state index is 10.0. The van der Waals surface area contributed by atoms with Gasteiger partial charge in [0.05, 0.1) is 6.10 Å². The molecule has 1 fully saturated rings. The highest BCUT2D eigenvalue weighted by atomic mass is 35.5.